The molecule has 6 heteroatoms. The summed E-state index contributed by atoms with van der Waals surface area (Å²) in [6.45, 7) is 4.10. The Balaban J connectivity index is 1.49. The van der Waals surface area contributed by atoms with E-state index in [2.05, 4.69) is 12.2 Å². The lowest BCUT2D eigenvalue weighted by atomic mass is 9.78. The molecule has 1 amide bonds. The SMILES string of the molecule is CCc1cc(Cl)c(CCC2CCCC(C(C)C(=O)Nc3ccc(F)c(Cl)c3)CCC2)c(Cl)c1. The Kier molecular flexibility index (Phi) is 9.91. The normalized spacial score (nSPS) is 20.1. The van der Waals surface area contributed by atoms with E-state index in [0.717, 1.165) is 60.6 Å². The first kappa shape index (κ1) is 26.3. The van der Waals surface area contributed by atoms with Gasteiger partial charge in [-0.25, -0.2) is 4.39 Å². The number of carbonyl (C=O) groups is 1. The van der Waals surface area contributed by atoms with Gasteiger partial charge in [-0.15, -0.1) is 0 Å². The van der Waals surface area contributed by atoms with Gasteiger partial charge in [0.1, 0.15) is 5.82 Å². The van der Waals surface area contributed by atoms with Crippen molar-refractivity contribution in [2.75, 3.05) is 5.32 Å². The second kappa shape index (κ2) is 12.4. The van der Waals surface area contributed by atoms with E-state index in [9.17, 15) is 9.18 Å². The number of aryl methyl sites for hydroxylation is 1. The third-order valence-electron chi connectivity index (χ3n) is 7.09. The van der Waals surface area contributed by atoms with E-state index in [1.54, 1.807) is 6.07 Å². The predicted molar refractivity (Wildman–Crippen MR) is 138 cm³/mol. The van der Waals surface area contributed by atoms with Gasteiger partial charge < -0.3 is 5.32 Å². The number of hydrogen-bond acceptors (Lipinski definition) is 1. The van der Waals surface area contributed by atoms with Crippen LogP contribution in [0.3, 0.4) is 0 Å². The molecule has 0 bridgehead atoms. The molecule has 33 heavy (non-hydrogen) atoms. The van der Waals surface area contributed by atoms with Crippen molar-refractivity contribution < 1.29 is 9.18 Å². The highest BCUT2D eigenvalue weighted by Gasteiger charge is 2.26. The van der Waals surface area contributed by atoms with Crippen LogP contribution in [0.5, 0.6) is 0 Å². The van der Waals surface area contributed by atoms with Crippen LogP contribution in [0.1, 0.15) is 69.9 Å². The molecule has 0 heterocycles. The molecule has 1 unspecified atom stereocenters. The Morgan fingerprint density at radius 3 is 2.24 bits per heavy atom. The molecule has 0 aliphatic heterocycles. The lowest BCUT2D eigenvalue weighted by molar-refractivity contribution is -0.121. The summed E-state index contributed by atoms with van der Waals surface area (Å²) in [5, 5.41) is 4.48. The van der Waals surface area contributed by atoms with Gasteiger partial charge in [0.2, 0.25) is 5.91 Å². The monoisotopic (exact) mass is 511 g/mol. The number of carbonyl (C=O) groups excluding carboxylic acids is 1. The van der Waals surface area contributed by atoms with Crippen molar-refractivity contribution in [3.05, 3.63) is 62.3 Å². The Hall–Kier alpha value is -1.29. The molecule has 0 radical (unpaired) electrons. The van der Waals surface area contributed by atoms with Crippen LogP contribution >= 0.6 is 34.8 Å². The third-order valence-corrected chi connectivity index (χ3v) is 8.06. The van der Waals surface area contributed by atoms with Crippen molar-refractivity contribution >= 4 is 46.4 Å². The summed E-state index contributed by atoms with van der Waals surface area (Å²) in [6, 6.07) is 8.36. The minimum Gasteiger partial charge on any atom is -0.326 e. The summed E-state index contributed by atoms with van der Waals surface area (Å²) in [5.74, 6) is 0.404. The van der Waals surface area contributed by atoms with Gasteiger partial charge in [-0.3, -0.25) is 4.79 Å². The lowest BCUT2D eigenvalue weighted by Crippen LogP contribution is -2.28. The third kappa shape index (κ3) is 7.34. The molecule has 1 N–H and O–H groups in total. The maximum absolute atomic E-state index is 13.4. The minimum absolute atomic E-state index is 0.0151. The zero-order chi connectivity index (χ0) is 24.0. The van der Waals surface area contributed by atoms with E-state index >= 15 is 0 Å². The van der Waals surface area contributed by atoms with Crippen molar-refractivity contribution in [3.8, 4) is 0 Å². The standard InChI is InChI=1S/C27H33Cl3FNO/c1-3-18-14-23(28)22(24(29)15-18)12-10-19-6-4-8-20(9-5-7-19)17(2)27(33)32-21-11-13-26(31)25(30)16-21/h11,13-17,19-20H,3-10,12H2,1-2H3,(H,32,33). The first-order chi connectivity index (χ1) is 15.8. The molecular weight excluding hydrogens is 480 g/mol. The minimum atomic E-state index is -0.486. The van der Waals surface area contributed by atoms with Crippen LogP contribution in [0.4, 0.5) is 10.1 Å². The Bertz CT molecular complexity index is 931. The predicted octanol–water partition coefficient (Wildman–Crippen LogP) is 9.14. The molecule has 2 aromatic carbocycles. The van der Waals surface area contributed by atoms with Crippen LogP contribution in [0.25, 0.3) is 0 Å². The van der Waals surface area contributed by atoms with Gasteiger partial charge in [-0.05, 0) is 85.4 Å². The molecule has 0 saturated heterocycles. The topological polar surface area (TPSA) is 29.1 Å². The first-order valence-corrected chi connectivity index (χ1v) is 13.1. The number of nitrogens with one attached hydrogen (secondary N) is 1. The number of halogens is 4. The summed E-state index contributed by atoms with van der Waals surface area (Å²) >= 11 is 18.8. The highest BCUT2D eigenvalue weighted by Crippen LogP contribution is 2.35. The van der Waals surface area contributed by atoms with Gasteiger partial charge in [-0.2, -0.15) is 0 Å². The van der Waals surface area contributed by atoms with Gasteiger partial charge >= 0.3 is 0 Å². The summed E-state index contributed by atoms with van der Waals surface area (Å²) in [5.41, 5.74) is 2.78. The first-order valence-electron chi connectivity index (χ1n) is 12.0. The van der Waals surface area contributed by atoms with Gasteiger partial charge in [0.25, 0.3) is 0 Å². The number of amides is 1. The molecule has 1 saturated carbocycles. The second-order valence-electron chi connectivity index (χ2n) is 9.32. The largest absolute Gasteiger partial charge is 0.326 e. The Morgan fingerprint density at radius 2 is 1.67 bits per heavy atom. The number of hydrogen-bond donors (Lipinski definition) is 1. The summed E-state index contributed by atoms with van der Waals surface area (Å²) in [7, 11) is 0. The fourth-order valence-corrected chi connectivity index (χ4v) is 5.81. The van der Waals surface area contributed by atoms with Crippen LogP contribution in [-0.4, -0.2) is 5.91 Å². The molecule has 180 valence electrons. The average Bonchev–Trinajstić information content (AvgIpc) is 2.76. The van der Waals surface area contributed by atoms with Crippen molar-refractivity contribution in [1.29, 1.82) is 0 Å². The fraction of sp³-hybridized carbons (Fsp3) is 0.519. The smallest absolute Gasteiger partial charge is 0.227 e. The average molecular weight is 513 g/mol. The van der Waals surface area contributed by atoms with Gasteiger partial charge in [0.05, 0.1) is 5.02 Å². The summed E-state index contributed by atoms with van der Waals surface area (Å²) < 4.78 is 13.4. The highest BCUT2D eigenvalue weighted by atomic mass is 35.5. The molecule has 3 rings (SSSR count). The molecular formula is C27H33Cl3FNO. The van der Waals surface area contributed by atoms with E-state index in [-0.39, 0.29) is 16.8 Å². The van der Waals surface area contributed by atoms with Crippen LogP contribution < -0.4 is 5.32 Å². The van der Waals surface area contributed by atoms with Crippen molar-refractivity contribution in [1.82, 2.24) is 0 Å². The molecule has 0 spiro atoms. The number of benzene rings is 2. The van der Waals surface area contributed by atoms with E-state index in [1.165, 1.54) is 30.5 Å². The molecule has 1 aliphatic rings. The van der Waals surface area contributed by atoms with E-state index in [1.807, 2.05) is 19.1 Å². The molecule has 0 aromatic heterocycles. The van der Waals surface area contributed by atoms with Crippen LogP contribution in [0.15, 0.2) is 30.3 Å². The Morgan fingerprint density at radius 1 is 1.03 bits per heavy atom. The maximum atomic E-state index is 13.4. The number of anilines is 1. The molecule has 2 aromatic rings. The summed E-state index contributed by atoms with van der Waals surface area (Å²) in [6.07, 6.45) is 9.59. The van der Waals surface area contributed by atoms with Crippen LogP contribution in [-0.2, 0) is 17.6 Å². The zero-order valence-corrected chi connectivity index (χ0v) is 21.7. The van der Waals surface area contributed by atoms with E-state index in [0.29, 0.717) is 17.5 Å². The van der Waals surface area contributed by atoms with Gasteiger partial charge in [0.15, 0.2) is 0 Å². The highest BCUT2D eigenvalue weighted by molar-refractivity contribution is 6.36. The fourth-order valence-electron chi connectivity index (χ4n) is 4.91. The molecule has 1 aliphatic carbocycles. The van der Waals surface area contributed by atoms with E-state index in [4.69, 9.17) is 34.8 Å². The van der Waals surface area contributed by atoms with Crippen molar-refractivity contribution in [2.24, 2.45) is 17.8 Å². The van der Waals surface area contributed by atoms with Crippen molar-refractivity contribution in [2.45, 2.75) is 71.6 Å². The molecule has 1 atom stereocenters. The second-order valence-corrected chi connectivity index (χ2v) is 10.5. The van der Waals surface area contributed by atoms with Gasteiger partial charge in [-0.1, -0.05) is 74.3 Å². The number of rotatable bonds is 7. The van der Waals surface area contributed by atoms with Crippen LogP contribution in [0.2, 0.25) is 15.1 Å². The van der Waals surface area contributed by atoms with Crippen LogP contribution in [0, 0.1) is 23.6 Å². The quantitative estimate of drug-likeness (QED) is 0.393. The maximum Gasteiger partial charge on any atom is 0.227 e. The molecule has 1 fully saturated rings. The summed E-state index contributed by atoms with van der Waals surface area (Å²) in [4.78, 5) is 12.8. The zero-order valence-electron chi connectivity index (χ0n) is 19.4. The molecule has 2 nitrogen and oxygen atoms in total. The van der Waals surface area contributed by atoms with Gasteiger partial charge in [0, 0.05) is 21.7 Å². The van der Waals surface area contributed by atoms with Crippen molar-refractivity contribution in [3.63, 3.8) is 0 Å². The Labute approximate surface area is 212 Å². The van der Waals surface area contributed by atoms with E-state index < -0.39 is 5.82 Å². The lowest BCUT2D eigenvalue weighted by Gasteiger charge is -2.28.